The molecule has 1 amide bonds. The molecule has 0 unspecified atom stereocenters. The maximum Gasteiger partial charge on any atom is 0.271 e. The van der Waals surface area contributed by atoms with E-state index < -0.39 is 0 Å². The van der Waals surface area contributed by atoms with Gasteiger partial charge in [0.15, 0.2) is 0 Å². The minimum atomic E-state index is -0.157. The first kappa shape index (κ1) is 15.0. The van der Waals surface area contributed by atoms with Crippen molar-refractivity contribution in [2.75, 3.05) is 0 Å². The van der Waals surface area contributed by atoms with Gasteiger partial charge in [0, 0.05) is 24.2 Å². The van der Waals surface area contributed by atoms with Crippen LogP contribution >= 0.6 is 11.3 Å². The summed E-state index contributed by atoms with van der Waals surface area (Å²) in [6.45, 7) is 2.32. The predicted molar refractivity (Wildman–Crippen MR) is 85.1 cm³/mol. The molecule has 0 radical (unpaired) electrons. The number of hydrogen-bond donors (Lipinski definition) is 1. The number of amides is 1. The van der Waals surface area contributed by atoms with Crippen LogP contribution in [0.2, 0.25) is 0 Å². The minimum Gasteiger partial charge on any atom is -0.474 e. The van der Waals surface area contributed by atoms with Gasteiger partial charge in [-0.15, -0.1) is 11.3 Å². The van der Waals surface area contributed by atoms with Crippen LogP contribution in [0.4, 0.5) is 0 Å². The molecule has 1 aliphatic carbocycles. The predicted octanol–water partition coefficient (Wildman–Crippen LogP) is 3.10. The molecular formula is C16H19N3O2S. The lowest BCUT2D eigenvalue weighted by Crippen LogP contribution is -2.23. The summed E-state index contributed by atoms with van der Waals surface area (Å²) in [5.41, 5.74) is 1.41. The number of carbonyl (C=O) groups excluding carboxylic acids is 1. The van der Waals surface area contributed by atoms with Crippen LogP contribution in [0.15, 0.2) is 23.7 Å². The number of aromatic nitrogens is 2. The second-order valence-corrected chi connectivity index (χ2v) is 6.53. The van der Waals surface area contributed by atoms with Crippen molar-refractivity contribution < 1.29 is 9.53 Å². The van der Waals surface area contributed by atoms with Gasteiger partial charge in [-0.1, -0.05) is 6.07 Å². The van der Waals surface area contributed by atoms with Crippen LogP contribution in [0.25, 0.3) is 0 Å². The number of carbonyl (C=O) groups is 1. The average Bonchev–Trinajstić information content (AvgIpc) is 3.18. The van der Waals surface area contributed by atoms with Crippen molar-refractivity contribution >= 4 is 17.2 Å². The van der Waals surface area contributed by atoms with Crippen molar-refractivity contribution in [3.05, 3.63) is 40.0 Å². The maximum absolute atomic E-state index is 11.9. The van der Waals surface area contributed by atoms with Gasteiger partial charge in [0.25, 0.3) is 5.91 Å². The first-order chi connectivity index (χ1) is 10.7. The Hall–Kier alpha value is -1.95. The standard InChI is InChI=1S/C16H19N3O2S/c1-11-19-14(10-22-11)16(20)18-9-12-6-7-15(17-8-12)21-13-4-2-3-5-13/h6-8,10,13H,2-5,9H2,1H3,(H,18,20). The molecular weight excluding hydrogens is 298 g/mol. The van der Waals surface area contributed by atoms with Crippen LogP contribution in [0.3, 0.4) is 0 Å². The van der Waals surface area contributed by atoms with Gasteiger partial charge >= 0.3 is 0 Å². The third-order valence-electron chi connectivity index (χ3n) is 3.69. The largest absolute Gasteiger partial charge is 0.474 e. The Bertz CT molecular complexity index is 633. The van der Waals surface area contributed by atoms with Gasteiger partial charge in [-0.2, -0.15) is 0 Å². The molecule has 3 rings (SSSR count). The second-order valence-electron chi connectivity index (χ2n) is 5.46. The number of hydrogen-bond acceptors (Lipinski definition) is 5. The number of nitrogens with zero attached hydrogens (tertiary/aromatic N) is 2. The third-order valence-corrected chi connectivity index (χ3v) is 4.47. The zero-order valence-electron chi connectivity index (χ0n) is 12.5. The summed E-state index contributed by atoms with van der Waals surface area (Å²) >= 11 is 1.47. The molecule has 0 atom stereocenters. The molecule has 5 nitrogen and oxygen atoms in total. The Balaban J connectivity index is 1.51. The Kier molecular flexibility index (Phi) is 4.68. The zero-order valence-corrected chi connectivity index (χ0v) is 13.4. The summed E-state index contributed by atoms with van der Waals surface area (Å²) in [6, 6.07) is 3.80. The lowest BCUT2D eigenvalue weighted by Gasteiger charge is -2.12. The second kappa shape index (κ2) is 6.87. The van der Waals surface area contributed by atoms with E-state index in [4.69, 9.17) is 4.74 Å². The summed E-state index contributed by atoms with van der Waals surface area (Å²) in [7, 11) is 0. The smallest absolute Gasteiger partial charge is 0.271 e. The summed E-state index contributed by atoms with van der Waals surface area (Å²) in [4.78, 5) is 20.4. The highest BCUT2D eigenvalue weighted by Gasteiger charge is 2.16. The molecule has 1 fully saturated rings. The number of thiazole rings is 1. The molecule has 0 aliphatic heterocycles. The van der Waals surface area contributed by atoms with Crippen molar-refractivity contribution in [1.82, 2.24) is 15.3 Å². The highest BCUT2D eigenvalue weighted by Crippen LogP contribution is 2.22. The molecule has 116 valence electrons. The van der Waals surface area contributed by atoms with E-state index in [1.807, 2.05) is 19.1 Å². The summed E-state index contributed by atoms with van der Waals surface area (Å²) in [5, 5.41) is 5.50. The van der Waals surface area contributed by atoms with E-state index >= 15 is 0 Å². The van der Waals surface area contributed by atoms with Crippen molar-refractivity contribution in [2.45, 2.75) is 45.3 Å². The highest BCUT2D eigenvalue weighted by atomic mass is 32.1. The van der Waals surface area contributed by atoms with Gasteiger partial charge in [0.05, 0.1) is 5.01 Å². The third kappa shape index (κ3) is 3.82. The fourth-order valence-corrected chi connectivity index (χ4v) is 3.10. The van der Waals surface area contributed by atoms with E-state index in [0.29, 0.717) is 24.2 Å². The number of pyridine rings is 1. The van der Waals surface area contributed by atoms with Gasteiger partial charge in [-0.3, -0.25) is 4.79 Å². The van der Waals surface area contributed by atoms with Crippen LogP contribution in [-0.2, 0) is 6.54 Å². The molecule has 0 saturated heterocycles. The van der Waals surface area contributed by atoms with Crippen LogP contribution < -0.4 is 10.1 Å². The minimum absolute atomic E-state index is 0.157. The quantitative estimate of drug-likeness (QED) is 0.920. The van der Waals surface area contributed by atoms with E-state index in [0.717, 1.165) is 23.4 Å². The first-order valence-electron chi connectivity index (χ1n) is 7.52. The first-order valence-corrected chi connectivity index (χ1v) is 8.40. The molecule has 2 heterocycles. The maximum atomic E-state index is 11.9. The van der Waals surface area contributed by atoms with Crippen molar-refractivity contribution in [3.63, 3.8) is 0 Å². The molecule has 0 aromatic carbocycles. The summed E-state index contributed by atoms with van der Waals surface area (Å²) in [5.74, 6) is 0.507. The van der Waals surface area contributed by atoms with E-state index in [-0.39, 0.29) is 5.91 Å². The molecule has 1 saturated carbocycles. The molecule has 1 aliphatic rings. The van der Waals surface area contributed by atoms with Gasteiger partial charge in [-0.05, 0) is 38.2 Å². The van der Waals surface area contributed by atoms with Gasteiger partial charge < -0.3 is 10.1 Å². The van der Waals surface area contributed by atoms with Crippen molar-refractivity contribution in [2.24, 2.45) is 0 Å². The zero-order chi connectivity index (χ0) is 15.4. The lowest BCUT2D eigenvalue weighted by atomic mass is 10.2. The average molecular weight is 317 g/mol. The normalized spacial score (nSPS) is 15.0. The Morgan fingerprint density at radius 1 is 1.41 bits per heavy atom. The van der Waals surface area contributed by atoms with Crippen LogP contribution in [0.5, 0.6) is 5.88 Å². The van der Waals surface area contributed by atoms with E-state index in [1.165, 1.54) is 24.2 Å². The fourth-order valence-electron chi connectivity index (χ4n) is 2.50. The highest BCUT2D eigenvalue weighted by molar-refractivity contribution is 7.09. The van der Waals surface area contributed by atoms with Crippen molar-refractivity contribution in [1.29, 1.82) is 0 Å². The monoisotopic (exact) mass is 317 g/mol. The molecule has 2 aromatic heterocycles. The fraction of sp³-hybridized carbons (Fsp3) is 0.438. The number of ether oxygens (including phenoxy) is 1. The Labute approximate surface area is 133 Å². The van der Waals surface area contributed by atoms with Crippen LogP contribution in [0, 0.1) is 6.92 Å². The van der Waals surface area contributed by atoms with Gasteiger partial charge in [0.2, 0.25) is 5.88 Å². The van der Waals surface area contributed by atoms with Crippen LogP contribution in [-0.4, -0.2) is 22.0 Å². The Morgan fingerprint density at radius 3 is 2.86 bits per heavy atom. The van der Waals surface area contributed by atoms with Gasteiger partial charge in [0.1, 0.15) is 11.8 Å². The van der Waals surface area contributed by atoms with Crippen molar-refractivity contribution in [3.8, 4) is 5.88 Å². The van der Waals surface area contributed by atoms with E-state index in [1.54, 1.807) is 11.6 Å². The van der Waals surface area contributed by atoms with Gasteiger partial charge in [-0.25, -0.2) is 9.97 Å². The summed E-state index contributed by atoms with van der Waals surface area (Å²) < 4.78 is 5.82. The van der Waals surface area contributed by atoms with E-state index in [9.17, 15) is 4.79 Å². The van der Waals surface area contributed by atoms with E-state index in [2.05, 4.69) is 15.3 Å². The molecule has 0 spiro atoms. The molecule has 6 heteroatoms. The molecule has 0 bridgehead atoms. The number of aryl methyl sites for hydroxylation is 1. The number of rotatable bonds is 5. The lowest BCUT2D eigenvalue weighted by molar-refractivity contribution is 0.0946. The Morgan fingerprint density at radius 2 is 2.23 bits per heavy atom. The molecule has 22 heavy (non-hydrogen) atoms. The topological polar surface area (TPSA) is 64.1 Å². The number of nitrogens with one attached hydrogen (secondary N) is 1. The SMILES string of the molecule is Cc1nc(C(=O)NCc2ccc(OC3CCCC3)nc2)cs1. The molecule has 2 aromatic rings. The molecule has 1 N–H and O–H groups in total. The van der Waals surface area contributed by atoms with Crippen LogP contribution in [0.1, 0.15) is 46.7 Å². The summed E-state index contributed by atoms with van der Waals surface area (Å²) in [6.07, 6.45) is 6.78.